The molecule has 0 N–H and O–H groups in total. The van der Waals surface area contributed by atoms with Crippen LogP contribution in [-0.2, 0) is 51.4 Å². The molecule has 336 valence electrons. The van der Waals surface area contributed by atoms with Gasteiger partial charge in [0, 0.05) is 0 Å². The van der Waals surface area contributed by atoms with Crippen molar-refractivity contribution in [3.8, 4) is 44.5 Å². The molecule has 0 amide bonds. The number of aryl methyl sites for hydroxylation is 12. The minimum Gasteiger partial charge on any atom is -0.0651 e. The van der Waals surface area contributed by atoms with Gasteiger partial charge in [0.05, 0.1) is 0 Å². The highest BCUT2D eigenvalue weighted by molar-refractivity contribution is 6.06. The first-order valence-corrected chi connectivity index (χ1v) is 25.9. The maximum atomic E-state index is 2.58. The summed E-state index contributed by atoms with van der Waals surface area (Å²) in [6.45, 7) is 28.5. The van der Waals surface area contributed by atoms with E-state index in [1.54, 1.807) is 0 Å². The van der Waals surface area contributed by atoms with Crippen LogP contribution in [0.25, 0.3) is 44.5 Å². The van der Waals surface area contributed by atoms with Crippen LogP contribution >= 0.6 is 0 Å². The molecule has 0 aliphatic heterocycles. The molecule has 0 aromatic heterocycles. The molecular formula is C64H80. The average Bonchev–Trinajstić information content (AvgIpc) is 3.23. The first-order valence-electron chi connectivity index (χ1n) is 25.9. The van der Waals surface area contributed by atoms with E-state index in [0.717, 1.165) is 103 Å². The lowest BCUT2D eigenvalue weighted by Gasteiger charge is -2.32. The molecule has 6 aromatic rings. The number of hydrogen-bond acceptors (Lipinski definition) is 0. The minimum atomic E-state index is 1.07. The highest BCUT2D eigenvalue weighted by Gasteiger charge is 2.33. The number of hydrogen-bond donors (Lipinski definition) is 0. The van der Waals surface area contributed by atoms with Crippen LogP contribution in [0.3, 0.4) is 0 Å². The number of rotatable bonds is 20. The Labute approximate surface area is 389 Å². The lowest BCUT2D eigenvalue weighted by Crippen LogP contribution is -2.12. The van der Waals surface area contributed by atoms with Crippen LogP contribution in [0.4, 0.5) is 0 Å². The molecule has 64 heavy (non-hydrogen) atoms. The van der Waals surface area contributed by atoms with Gasteiger partial charge in [-0.1, -0.05) is 202 Å². The third-order valence-corrected chi connectivity index (χ3v) is 13.9. The Morgan fingerprint density at radius 1 is 0.250 bits per heavy atom. The van der Waals surface area contributed by atoms with Gasteiger partial charge in [-0.15, -0.1) is 0 Å². The van der Waals surface area contributed by atoms with Crippen LogP contribution in [0.15, 0.2) is 72.8 Å². The fourth-order valence-electron chi connectivity index (χ4n) is 11.9. The van der Waals surface area contributed by atoms with Crippen molar-refractivity contribution >= 4 is 0 Å². The van der Waals surface area contributed by atoms with Crippen LogP contribution in [0.2, 0.25) is 0 Å². The monoisotopic (exact) mass is 849 g/mol. The fourth-order valence-corrected chi connectivity index (χ4v) is 11.9. The summed E-state index contributed by atoms with van der Waals surface area (Å²) >= 11 is 0. The third-order valence-electron chi connectivity index (χ3n) is 13.9. The molecule has 0 radical (unpaired) electrons. The van der Waals surface area contributed by atoms with E-state index < -0.39 is 0 Å². The molecule has 0 atom stereocenters. The predicted molar refractivity (Wildman–Crippen MR) is 281 cm³/mol. The number of fused-ring (bicyclic) bond motifs is 2. The molecule has 0 nitrogen and oxygen atoms in total. The van der Waals surface area contributed by atoms with Crippen molar-refractivity contribution in [1.82, 2.24) is 0 Å². The molecule has 0 heterocycles. The van der Waals surface area contributed by atoms with Gasteiger partial charge in [0.2, 0.25) is 0 Å². The summed E-state index contributed by atoms with van der Waals surface area (Å²) in [6, 6.07) is 30.1. The molecule has 7 rings (SSSR count). The van der Waals surface area contributed by atoms with Crippen molar-refractivity contribution in [3.05, 3.63) is 160 Å². The van der Waals surface area contributed by atoms with Gasteiger partial charge < -0.3 is 0 Å². The van der Waals surface area contributed by atoms with Crippen molar-refractivity contribution < 1.29 is 0 Å². The van der Waals surface area contributed by atoms with Gasteiger partial charge in [0.15, 0.2) is 0 Å². The van der Waals surface area contributed by atoms with E-state index in [1.165, 1.54) is 132 Å². The zero-order valence-electron chi connectivity index (χ0n) is 42.2. The normalized spacial score (nSPS) is 11.8. The van der Waals surface area contributed by atoms with Gasteiger partial charge >= 0.3 is 0 Å². The maximum absolute atomic E-state index is 2.58. The van der Waals surface area contributed by atoms with Crippen molar-refractivity contribution in [2.45, 2.75) is 186 Å². The molecule has 0 unspecified atom stereocenters. The average molecular weight is 849 g/mol. The second-order valence-electron chi connectivity index (χ2n) is 19.6. The predicted octanol–water partition coefficient (Wildman–Crippen LogP) is 18.1. The van der Waals surface area contributed by atoms with Crippen LogP contribution < -0.4 is 0 Å². The van der Waals surface area contributed by atoms with Crippen molar-refractivity contribution in [3.63, 3.8) is 0 Å². The molecule has 6 aromatic carbocycles. The van der Waals surface area contributed by atoms with E-state index in [1.807, 2.05) is 0 Å². The van der Waals surface area contributed by atoms with E-state index in [4.69, 9.17) is 0 Å². The van der Waals surface area contributed by atoms with Gasteiger partial charge in [-0.05, 0) is 189 Å². The largest absolute Gasteiger partial charge is 0.0651 e. The van der Waals surface area contributed by atoms with E-state index in [9.17, 15) is 0 Å². The maximum Gasteiger partial charge on any atom is -0.000720 e. The van der Waals surface area contributed by atoms with Gasteiger partial charge in [-0.2, -0.15) is 0 Å². The summed E-state index contributed by atoms with van der Waals surface area (Å²) < 4.78 is 0. The SMILES string of the molecule is CCCc1cc(C)cc(CCC)c1-c1c(-c2c(CCC)cc(C)cc2CCC)c(-c2c(CCC)cc(C)cc2CCC)c2c(c1-c1c(CCC)cc(C)cc1CCC)=c1ccccc1=2. The molecule has 0 fully saturated rings. The molecular weight excluding hydrogens is 769 g/mol. The molecule has 0 spiro atoms. The van der Waals surface area contributed by atoms with Crippen LogP contribution in [0, 0.1) is 48.6 Å². The summed E-state index contributed by atoms with van der Waals surface area (Å²) in [5.74, 6) is 0. The van der Waals surface area contributed by atoms with E-state index >= 15 is 0 Å². The first-order chi connectivity index (χ1) is 31.1. The second-order valence-corrected chi connectivity index (χ2v) is 19.6. The summed E-state index contributed by atoms with van der Waals surface area (Å²) in [5, 5.41) is 5.86. The topological polar surface area (TPSA) is 0 Å². The van der Waals surface area contributed by atoms with Crippen LogP contribution in [0.1, 0.15) is 174 Å². The Bertz CT molecular complexity index is 2540. The Morgan fingerprint density at radius 3 is 0.625 bits per heavy atom. The van der Waals surface area contributed by atoms with Crippen molar-refractivity contribution in [2.24, 2.45) is 0 Å². The minimum absolute atomic E-state index is 1.07. The zero-order valence-corrected chi connectivity index (χ0v) is 42.2. The second kappa shape index (κ2) is 21.1. The van der Waals surface area contributed by atoms with Crippen LogP contribution in [-0.4, -0.2) is 0 Å². The standard InChI is InChI=1S/C64H80/c1-13-23-45-33-41(9)34-46(24-14-2)55(45)61-59-53-31-21-22-32-54(53)60(59)62(56-47(25-15-3)35-42(10)36-48(56)26-16-4)64(58-51(29-19-7)39-44(12)40-52(58)30-20-8)63(61)57-49(27-17-5)37-43(11)38-50(57)28-18-6/h21-22,31-40H,13-20,23-30H2,1-12H3. The Hall–Kier alpha value is -4.68. The van der Waals surface area contributed by atoms with E-state index in [2.05, 4.69) is 156 Å². The van der Waals surface area contributed by atoms with Crippen LogP contribution in [0.5, 0.6) is 0 Å². The molecule has 0 heteroatoms. The van der Waals surface area contributed by atoms with Gasteiger partial charge in [-0.25, -0.2) is 0 Å². The zero-order chi connectivity index (χ0) is 45.7. The van der Waals surface area contributed by atoms with Gasteiger partial charge in [-0.3, -0.25) is 0 Å². The Balaban J connectivity index is 1.98. The molecule has 1 aliphatic rings. The molecule has 0 saturated heterocycles. The summed E-state index contributed by atoms with van der Waals surface area (Å²) in [6.07, 6.45) is 17.5. The summed E-state index contributed by atoms with van der Waals surface area (Å²) in [5.41, 5.74) is 30.0. The van der Waals surface area contributed by atoms with E-state index in [-0.39, 0.29) is 0 Å². The Morgan fingerprint density at radius 2 is 0.438 bits per heavy atom. The molecule has 0 saturated carbocycles. The molecule has 1 aliphatic carbocycles. The highest BCUT2D eigenvalue weighted by atomic mass is 14.4. The van der Waals surface area contributed by atoms with Gasteiger partial charge in [0.25, 0.3) is 0 Å². The fraction of sp³-hybridized carbons (Fsp3) is 0.438. The number of benzene rings is 6. The highest BCUT2D eigenvalue weighted by Crippen LogP contribution is 2.55. The third kappa shape index (κ3) is 8.98. The lowest BCUT2D eigenvalue weighted by molar-refractivity contribution is 0.889. The smallest absolute Gasteiger partial charge is 0.000720 e. The summed E-state index contributed by atoms with van der Waals surface area (Å²) in [7, 11) is 0. The van der Waals surface area contributed by atoms with E-state index in [0.29, 0.717) is 0 Å². The van der Waals surface area contributed by atoms with Crippen molar-refractivity contribution in [2.75, 3.05) is 0 Å². The quantitative estimate of drug-likeness (QED) is 0.0717. The first kappa shape index (κ1) is 47.3. The Kier molecular flexibility index (Phi) is 15.6. The van der Waals surface area contributed by atoms with Gasteiger partial charge in [0.1, 0.15) is 0 Å². The molecule has 0 bridgehead atoms. The lowest BCUT2D eigenvalue weighted by atomic mass is 9.70. The summed E-state index contributed by atoms with van der Waals surface area (Å²) in [4.78, 5) is 0. The van der Waals surface area contributed by atoms with Crippen molar-refractivity contribution in [1.29, 1.82) is 0 Å².